The number of aliphatic hydroxyl groups excluding tert-OH is 2. The summed E-state index contributed by atoms with van der Waals surface area (Å²) in [6.07, 6.45) is 4.08. The van der Waals surface area contributed by atoms with Gasteiger partial charge in [0.05, 0.1) is 0 Å². The molecule has 0 amide bonds. The first kappa shape index (κ1) is 26.0. The Bertz CT molecular complexity index is 126. The van der Waals surface area contributed by atoms with Gasteiger partial charge in [0.2, 0.25) is 0 Å². The summed E-state index contributed by atoms with van der Waals surface area (Å²) in [7, 11) is 0. The van der Waals surface area contributed by atoms with Gasteiger partial charge in [0.25, 0.3) is 0 Å². The molecule has 112 valence electrons. The van der Waals surface area contributed by atoms with Gasteiger partial charge in [-0.05, 0) is 40.5 Å². The molecule has 0 aromatic heterocycles. The number of Topliss-reactive ketones (excluding diaryl/α,β-unsaturated/α-hetero) is 2. The lowest BCUT2D eigenvalue weighted by Crippen LogP contribution is -1.75. The van der Waals surface area contributed by atoms with Gasteiger partial charge in [-0.2, -0.15) is 0 Å². The van der Waals surface area contributed by atoms with E-state index in [0.29, 0.717) is 13.2 Å². The van der Waals surface area contributed by atoms with Crippen molar-refractivity contribution in [3.8, 4) is 0 Å². The van der Waals surface area contributed by atoms with E-state index in [2.05, 4.69) is 13.8 Å². The highest BCUT2D eigenvalue weighted by Crippen LogP contribution is 1.79. The lowest BCUT2D eigenvalue weighted by atomic mass is 10.4. The molecule has 0 fully saturated rings. The van der Waals surface area contributed by atoms with E-state index < -0.39 is 0 Å². The second kappa shape index (κ2) is 29.9. The molecule has 0 aliphatic heterocycles. The normalized spacial score (nSPS) is 7.56. The van der Waals surface area contributed by atoms with Crippen molar-refractivity contribution in [1.82, 2.24) is 0 Å². The summed E-state index contributed by atoms with van der Waals surface area (Å²) >= 11 is 0. The van der Waals surface area contributed by atoms with Crippen LogP contribution >= 0.6 is 0 Å². The fourth-order valence-corrected chi connectivity index (χ4v) is 0.316. The minimum Gasteiger partial charge on any atom is -0.396 e. The molecular weight excluding hydrogens is 232 g/mol. The Morgan fingerprint density at radius 2 is 0.889 bits per heavy atom. The Morgan fingerprint density at radius 1 is 0.722 bits per heavy atom. The summed E-state index contributed by atoms with van der Waals surface area (Å²) in [4.78, 5) is 18.9. The fraction of sp³-hybridized carbons (Fsp3) is 0.857. The van der Waals surface area contributed by atoms with Crippen LogP contribution in [0.15, 0.2) is 0 Å². The summed E-state index contributed by atoms with van der Waals surface area (Å²) in [5, 5.41) is 16.1. The van der Waals surface area contributed by atoms with Crippen LogP contribution in [0.1, 0.15) is 67.2 Å². The topological polar surface area (TPSA) is 74.6 Å². The van der Waals surface area contributed by atoms with Crippen LogP contribution in [0.4, 0.5) is 0 Å². The number of unbranched alkanes of at least 4 members (excludes halogenated alkanes) is 2. The summed E-state index contributed by atoms with van der Waals surface area (Å²) in [5.74, 6) is 0.333. The number of rotatable bonds is 4. The smallest absolute Gasteiger partial charge is 0.126 e. The van der Waals surface area contributed by atoms with E-state index in [1.165, 1.54) is 27.7 Å². The molecule has 0 unspecified atom stereocenters. The molecule has 0 heterocycles. The maximum absolute atomic E-state index is 9.44. The largest absolute Gasteiger partial charge is 0.396 e. The maximum Gasteiger partial charge on any atom is 0.126 e. The Hall–Kier alpha value is -0.740. The van der Waals surface area contributed by atoms with Crippen molar-refractivity contribution in [2.75, 3.05) is 13.2 Å². The monoisotopic (exact) mass is 264 g/mol. The van der Waals surface area contributed by atoms with Gasteiger partial charge in [0.1, 0.15) is 11.6 Å². The number of ketones is 2. The minimum atomic E-state index is 0.167. The molecule has 0 radical (unpaired) electrons. The Morgan fingerprint density at radius 3 is 0.889 bits per heavy atom. The van der Waals surface area contributed by atoms with E-state index in [1.54, 1.807) is 0 Å². The molecule has 0 saturated heterocycles. The van der Waals surface area contributed by atoms with Crippen LogP contribution < -0.4 is 0 Å². The van der Waals surface area contributed by atoms with Gasteiger partial charge in [-0.25, -0.2) is 0 Å². The highest BCUT2D eigenvalue weighted by molar-refractivity contribution is 5.72. The third-order valence-electron chi connectivity index (χ3n) is 1.02. The van der Waals surface area contributed by atoms with E-state index in [4.69, 9.17) is 10.2 Å². The van der Waals surface area contributed by atoms with Gasteiger partial charge in [-0.15, -0.1) is 0 Å². The van der Waals surface area contributed by atoms with Crippen molar-refractivity contribution in [2.24, 2.45) is 0 Å². The molecule has 0 aliphatic rings. The third kappa shape index (κ3) is 292. The molecule has 4 heteroatoms. The van der Waals surface area contributed by atoms with Crippen molar-refractivity contribution in [2.45, 2.75) is 67.2 Å². The lowest BCUT2D eigenvalue weighted by Gasteiger charge is -1.79. The van der Waals surface area contributed by atoms with Gasteiger partial charge in [0.15, 0.2) is 0 Å². The van der Waals surface area contributed by atoms with E-state index in [1.807, 2.05) is 0 Å². The quantitative estimate of drug-likeness (QED) is 0.818. The Labute approximate surface area is 112 Å². The number of carbonyl (C=O) groups is 2. The first-order valence-electron chi connectivity index (χ1n) is 6.45. The SMILES string of the molecule is CC(C)=O.CC(C)=O.CCCCO.CCCCO. The van der Waals surface area contributed by atoms with Crippen LogP contribution in [0.5, 0.6) is 0 Å². The molecule has 0 saturated carbocycles. The lowest BCUT2D eigenvalue weighted by molar-refractivity contribution is -0.115. The van der Waals surface area contributed by atoms with Crippen molar-refractivity contribution in [3.63, 3.8) is 0 Å². The molecule has 0 aromatic rings. The van der Waals surface area contributed by atoms with Crippen molar-refractivity contribution in [3.05, 3.63) is 0 Å². The summed E-state index contributed by atoms with van der Waals surface area (Å²) < 4.78 is 0. The minimum absolute atomic E-state index is 0.167. The predicted molar refractivity (Wildman–Crippen MR) is 76.7 cm³/mol. The summed E-state index contributed by atoms with van der Waals surface area (Å²) in [6.45, 7) is 10.9. The molecule has 18 heavy (non-hydrogen) atoms. The molecule has 0 aliphatic carbocycles. The molecule has 0 spiro atoms. The van der Waals surface area contributed by atoms with Crippen LogP contribution in [0.2, 0.25) is 0 Å². The molecule has 0 atom stereocenters. The van der Waals surface area contributed by atoms with Crippen LogP contribution in [0.25, 0.3) is 0 Å². The number of carbonyl (C=O) groups excluding carboxylic acids is 2. The van der Waals surface area contributed by atoms with Crippen LogP contribution in [-0.2, 0) is 9.59 Å². The van der Waals surface area contributed by atoms with E-state index in [-0.39, 0.29) is 11.6 Å². The zero-order valence-electron chi connectivity index (χ0n) is 13.0. The first-order valence-corrected chi connectivity index (χ1v) is 6.45. The molecule has 4 nitrogen and oxygen atoms in total. The number of hydrogen-bond acceptors (Lipinski definition) is 4. The zero-order chi connectivity index (χ0) is 15.4. The predicted octanol–water partition coefficient (Wildman–Crippen LogP) is 2.75. The number of aliphatic hydroxyl groups is 2. The fourth-order valence-electron chi connectivity index (χ4n) is 0.316. The molecule has 0 aromatic carbocycles. The highest BCUT2D eigenvalue weighted by atomic mass is 16.3. The standard InChI is InChI=1S/2C4H10O.2C3H6O/c2*1-2-3-4-5;2*1-3(2)4/h2*5H,2-4H2,1H3;2*1-2H3. The van der Waals surface area contributed by atoms with E-state index in [9.17, 15) is 9.59 Å². The Kier molecular flexibility index (Phi) is 43.1. The summed E-state index contributed by atoms with van der Waals surface area (Å²) in [5.41, 5.74) is 0. The second-order valence-electron chi connectivity index (χ2n) is 3.97. The molecular formula is C14H32O4. The average Bonchev–Trinajstić information content (AvgIpc) is 2.19. The van der Waals surface area contributed by atoms with Crippen molar-refractivity contribution >= 4 is 11.6 Å². The zero-order valence-corrected chi connectivity index (χ0v) is 13.0. The van der Waals surface area contributed by atoms with E-state index >= 15 is 0 Å². The Balaban J connectivity index is -0.0000000731. The van der Waals surface area contributed by atoms with Crippen LogP contribution in [0.3, 0.4) is 0 Å². The van der Waals surface area contributed by atoms with E-state index in [0.717, 1.165) is 25.7 Å². The van der Waals surface area contributed by atoms with Gasteiger partial charge in [0, 0.05) is 13.2 Å². The van der Waals surface area contributed by atoms with Crippen molar-refractivity contribution in [1.29, 1.82) is 0 Å². The summed E-state index contributed by atoms with van der Waals surface area (Å²) in [6, 6.07) is 0. The highest BCUT2D eigenvalue weighted by Gasteiger charge is 1.69. The maximum atomic E-state index is 9.44. The molecule has 2 N–H and O–H groups in total. The average molecular weight is 264 g/mol. The van der Waals surface area contributed by atoms with Gasteiger partial charge in [-0.3, -0.25) is 0 Å². The van der Waals surface area contributed by atoms with Gasteiger partial charge in [-0.1, -0.05) is 26.7 Å². The second-order valence-corrected chi connectivity index (χ2v) is 3.97. The van der Waals surface area contributed by atoms with Gasteiger partial charge >= 0.3 is 0 Å². The van der Waals surface area contributed by atoms with Crippen LogP contribution in [-0.4, -0.2) is 35.0 Å². The molecule has 0 rings (SSSR count). The number of hydrogen-bond donors (Lipinski definition) is 2. The van der Waals surface area contributed by atoms with Crippen LogP contribution in [0, 0.1) is 0 Å². The molecule has 0 bridgehead atoms. The van der Waals surface area contributed by atoms with Gasteiger partial charge < -0.3 is 19.8 Å². The van der Waals surface area contributed by atoms with Crippen molar-refractivity contribution < 1.29 is 19.8 Å². The third-order valence-corrected chi connectivity index (χ3v) is 1.02. The first-order chi connectivity index (χ1) is 8.29.